The minimum absolute atomic E-state index is 0.305. The van der Waals surface area contributed by atoms with Gasteiger partial charge in [-0.3, -0.25) is 0 Å². The quantitative estimate of drug-likeness (QED) is 0.0655. The van der Waals surface area contributed by atoms with E-state index in [4.69, 9.17) is 23.7 Å². The fraction of sp³-hybridized carbons (Fsp3) is 0.182. The fourth-order valence-corrected chi connectivity index (χ4v) is 11.6. The predicted molar refractivity (Wildman–Crippen MR) is 215 cm³/mol. The van der Waals surface area contributed by atoms with Gasteiger partial charge >= 0.3 is 0 Å². The van der Waals surface area contributed by atoms with Gasteiger partial charge in [0.25, 0.3) is 0 Å². The molecule has 0 saturated heterocycles. The third-order valence-corrected chi connectivity index (χ3v) is 14.8. The minimum atomic E-state index is -3.16. The molecule has 0 aromatic heterocycles. The summed E-state index contributed by atoms with van der Waals surface area (Å²) in [7, 11) is -6.33. The normalized spacial score (nSPS) is 11.6. The van der Waals surface area contributed by atoms with Crippen molar-refractivity contribution in [1.82, 2.24) is 0 Å². The van der Waals surface area contributed by atoms with Crippen LogP contribution in [0.15, 0.2) is 170 Å². The zero-order valence-corrected chi connectivity index (χ0v) is 31.4. The highest BCUT2D eigenvalue weighted by molar-refractivity contribution is 7.86. The second-order valence-electron chi connectivity index (χ2n) is 12.0. The molecule has 6 aromatic carbocycles. The molecule has 0 radical (unpaired) electrons. The highest BCUT2D eigenvalue weighted by Crippen LogP contribution is 2.46. The first kappa shape index (κ1) is 38.0. The smallest absolute Gasteiger partial charge is 0.174 e. The van der Waals surface area contributed by atoms with Gasteiger partial charge in [-0.1, -0.05) is 146 Å². The average Bonchev–Trinajstić information content (AvgIpc) is 3.23. The summed E-state index contributed by atoms with van der Waals surface area (Å²) in [6, 6.07) is 53.3. The molecule has 0 saturated carbocycles. The van der Waals surface area contributed by atoms with Gasteiger partial charge in [-0.2, -0.15) is 0 Å². The third-order valence-electron chi connectivity index (χ3n) is 8.60. The van der Waals surface area contributed by atoms with E-state index in [2.05, 4.69) is 0 Å². The van der Waals surface area contributed by atoms with Gasteiger partial charge in [-0.15, -0.1) is 0 Å². The standard InChI is InChI=1S/C44H44O7P2/c45-52(37-17-5-1-6-18-37,38-19-7-2-8-20-38)43-27-15-13-25-41(43)50-35-33-48-31-29-47-30-32-49-34-36-51-42-26-14-16-28-44(42)53(46,39-21-9-3-10-22-39)40-23-11-4-12-24-40/h1-28H,29-36H2. The van der Waals surface area contributed by atoms with Crippen LogP contribution in [0.3, 0.4) is 0 Å². The van der Waals surface area contributed by atoms with E-state index in [1.165, 1.54) is 0 Å². The van der Waals surface area contributed by atoms with Gasteiger partial charge in [0.05, 0.1) is 50.3 Å². The maximum atomic E-state index is 14.8. The monoisotopic (exact) mass is 746 g/mol. The van der Waals surface area contributed by atoms with Crippen molar-refractivity contribution in [3.63, 3.8) is 0 Å². The van der Waals surface area contributed by atoms with Crippen molar-refractivity contribution in [1.29, 1.82) is 0 Å². The van der Waals surface area contributed by atoms with Crippen molar-refractivity contribution in [2.75, 3.05) is 52.9 Å². The number of ether oxygens (including phenoxy) is 5. The molecule has 0 bridgehead atoms. The lowest BCUT2D eigenvalue weighted by atomic mass is 10.3. The van der Waals surface area contributed by atoms with E-state index in [9.17, 15) is 9.13 Å². The summed E-state index contributed by atoms with van der Waals surface area (Å²) in [4.78, 5) is 0. The maximum Gasteiger partial charge on any atom is 0.174 e. The lowest BCUT2D eigenvalue weighted by Gasteiger charge is -2.22. The number of benzene rings is 6. The van der Waals surface area contributed by atoms with Crippen molar-refractivity contribution in [2.45, 2.75) is 0 Å². The van der Waals surface area contributed by atoms with Crippen molar-refractivity contribution in [3.8, 4) is 11.5 Å². The summed E-state index contributed by atoms with van der Waals surface area (Å²) in [6.45, 7) is 2.95. The first-order valence-corrected chi connectivity index (χ1v) is 21.1. The molecule has 53 heavy (non-hydrogen) atoms. The molecule has 6 aromatic rings. The molecule has 0 aliphatic rings. The van der Waals surface area contributed by atoms with Gasteiger partial charge < -0.3 is 32.8 Å². The van der Waals surface area contributed by atoms with Crippen molar-refractivity contribution < 1.29 is 32.8 Å². The molecule has 0 aliphatic heterocycles. The van der Waals surface area contributed by atoms with E-state index in [1.807, 2.05) is 170 Å². The van der Waals surface area contributed by atoms with Crippen LogP contribution >= 0.6 is 14.3 Å². The number of para-hydroxylation sites is 2. The first-order chi connectivity index (χ1) is 26.1. The molecule has 0 atom stereocenters. The van der Waals surface area contributed by atoms with Crippen LogP contribution in [0.25, 0.3) is 0 Å². The Morgan fingerprint density at radius 2 is 0.547 bits per heavy atom. The molecular formula is C44H44O7P2. The highest BCUT2D eigenvalue weighted by Gasteiger charge is 2.33. The second kappa shape index (κ2) is 19.4. The summed E-state index contributed by atoms with van der Waals surface area (Å²) < 4.78 is 59.1. The van der Waals surface area contributed by atoms with Gasteiger partial charge in [0.2, 0.25) is 0 Å². The van der Waals surface area contributed by atoms with Crippen LogP contribution in [0.5, 0.6) is 11.5 Å². The van der Waals surface area contributed by atoms with Gasteiger partial charge in [0.1, 0.15) is 24.7 Å². The van der Waals surface area contributed by atoms with Gasteiger partial charge in [0, 0.05) is 21.2 Å². The largest absolute Gasteiger partial charge is 0.490 e. The third kappa shape index (κ3) is 9.44. The summed E-state index contributed by atoms with van der Waals surface area (Å²) in [5.74, 6) is 1.16. The van der Waals surface area contributed by atoms with E-state index in [0.29, 0.717) is 75.0 Å². The van der Waals surface area contributed by atoms with Crippen LogP contribution in [0.4, 0.5) is 0 Å². The Balaban J connectivity index is 0.909. The molecule has 0 aliphatic carbocycles. The van der Waals surface area contributed by atoms with Gasteiger partial charge in [-0.25, -0.2) is 0 Å². The van der Waals surface area contributed by atoms with Crippen LogP contribution in [0.1, 0.15) is 0 Å². The Morgan fingerprint density at radius 3 is 0.849 bits per heavy atom. The Kier molecular flexibility index (Phi) is 13.9. The van der Waals surface area contributed by atoms with Gasteiger partial charge in [-0.05, 0) is 24.3 Å². The van der Waals surface area contributed by atoms with Crippen molar-refractivity contribution >= 4 is 46.1 Å². The maximum absolute atomic E-state index is 14.8. The molecule has 9 heteroatoms. The van der Waals surface area contributed by atoms with E-state index < -0.39 is 14.3 Å². The summed E-state index contributed by atoms with van der Waals surface area (Å²) in [5, 5.41) is 4.35. The summed E-state index contributed by atoms with van der Waals surface area (Å²) in [5.41, 5.74) is 0. The molecule has 6 rings (SSSR count). The van der Waals surface area contributed by atoms with Crippen molar-refractivity contribution in [3.05, 3.63) is 170 Å². The molecule has 0 unspecified atom stereocenters. The molecule has 0 amide bonds. The topological polar surface area (TPSA) is 80.3 Å². The van der Waals surface area contributed by atoms with Crippen molar-refractivity contribution in [2.24, 2.45) is 0 Å². The number of hydrogen-bond acceptors (Lipinski definition) is 7. The Morgan fingerprint density at radius 1 is 0.302 bits per heavy atom. The SMILES string of the molecule is O=P(c1ccccc1)(c1ccccc1)c1ccccc1OCCOCCOCCOCCOc1ccccc1P(=O)(c1ccccc1)c1ccccc1. The lowest BCUT2D eigenvalue weighted by molar-refractivity contribution is 0.00508. The Hall–Kier alpha value is -4.74. The lowest BCUT2D eigenvalue weighted by Crippen LogP contribution is -2.26. The predicted octanol–water partition coefficient (Wildman–Crippen LogP) is 6.47. The molecule has 7 nitrogen and oxygen atoms in total. The molecule has 272 valence electrons. The van der Waals surface area contributed by atoms with Gasteiger partial charge in [0.15, 0.2) is 14.3 Å². The molecule has 0 N–H and O–H groups in total. The van der Waals surface area contributed by atoms with E-state index in [1.54, 1.807) is 0 Å². The Labute approximate surface area is 312 Å². The number of hydrogen-bond donors (Lipinski definition) is 0. The zero-order chi connectivity index (χ0) is 36.6. The van der Waals surface area contributed by atoms with Crippen LogP contribution in [0, 0.1) is 0 Å². The van der Waals surface area contributed by atoms with E-state index >= 15 is 0 Å². The molecule has 0 spiro atoms. The minimum Gasteiger partial charge on any atom is -0.490 e. The first-order valence-electron chi connectivity index (χ1n) is 17.7. The molecule has 0 heterocycles. The van der Waals surface area contributed by atoms with Crippen LogP contribution in [0.2, 0.25) is 0 Å². The average molecular weight is 747 g/mol. The van der Waals surface area contributed by atoms with Crippen LogP contribution < -0.4 is 41.3 Å². The Bertz CT molecular complexity index is 1840. The highest BCUT2D eigenvalue weighted by atomic mass is 31.2. The van der Waals surface area contributed by atoms with E-state index in [-0.39, 0.29) is 0 Å². The fourth-order valence-electron chi connectivity index (χ4n) is 6.05. The van der Waals surface area contributed by atoms with Crippen LogP contribution in [-0.4, -0.2) is 52.9 Å². The summed E-state index contributed by atoms with van der Waals surface area (Å²) in [6.07, 6.45) is 0. The van der Waals surface area contributed by atoms with Crippen LogP contribution in [-0.2, 0) is 23.3 Å². The number of rotatable bonds is 20. The molecule has 0 fully saturated rings. The molecular weight excluding hydrogens is 702 g/mol. The summed E-state index contributed by atoms with van der Waals surface area (Å²) >= 11 is 0. The zero-order valence-electron chi connectivity index (χ0n) is 29.6. The second-order valence-corrected chi connectivity index (χ2v) is 17.5. The van der Waals surface area contributed by atoms with E-state index in [0.717, 1.165) is 21.2 Å².